The quantitative estimate of drug-likeness (QED) is 0.684. The van der Waals surface area contributed by atoms with Crippen molar-refractivity contribution in [3.63, 3.8) is 0 Å². The molecule has 1 heterocycles. The second-order valence-corrected chi connectivity index (χ2v) is 9.32. The monoisotopic (exact) mass is 427 g/mol. The Kier molecular flexibility index (Phi) is 7.35. The van der Waals surface area contributed by atoms with E-state index in [0.29, 0.717) is 12.6 Å². The number of nitrogens with one attached hydrogen (secondary N) is 1. The molecular weight excluding hydrogens is 395 g/mol. The predicted octanol–water partition coefficient (Wildman–Crippen LogP) is 3.15. The summed E-state index contributed by atoms with van der Waals surface area (Å²) in [7, 11) is 0. The van der Waals surface area contributed by atoms with E-state index in [-0.39, 0.29) is 41.7 Å². The van der Waals surface area contributed by atoms with Gasteiger partial charge in [0, 0.05) is 31.6 Å². The Morgan fingerprint density at radius 1 is 1.20 bits per heavy atom. The highest BCUT2D eigenvalue weighted by atomic mass is 19.2. The first kappa shape index (κ1) is 24.3. The molecular formula is C22H32F3N3O2. The van der Waals surface area contributed by atoms with Crippen molar-refractivity contribution in [1.82, 2.24) is 10.2 Å². The van der Waals surface area contributed by atoms with Gasteiger partial charge >= 0.3 is 0 Å². The van der Waals surface area contributed by atoms with Gasteiger partial charge in [-0.25, -0.2) is 13.2 Å². The van der Waals surface area contributed by atoms with E-state index in [0.717, 1.165) is 12.5 Å². The van der Waals surface area contributed by atoms with Gasteiger partial charge in [0.2, 0.25) is 11.8 Å². The summed E-state index contributed by atoms with van der Waals surface area (Å²) in [4.78, 5) is 27.2. The van der Waals surface area contributed by atoms with Gasteiger partial charge in [0.15, 0.2) is 11.6 Å². The number of nitrogens with zero attached hydrogens (tertiary/aromatic N) is 1. The summed E-state index contributed by atoms with van der Waals surface area (Å²) in [6.07, 6.45) is 0.402. The second kappa shape index (κ2) is 9.06. The zero-order valence-electron chi connectivity index (χ0n) is 18.3. The maximum absolute atomic E-state index is 13.9. The van der Waals surface area contributed by atoms with Gasteiger partial charge in [0.1, 0.15) is 5.82 Å². The van der Waals surface area contributed by atoms with E-state index < -0.39 is 35.4 Å². The topological polar surface area (TPSA) is 75.4 Å². The maximum Gasteiger partial charge on any atom is 0.246 e. The molecule has 2 amide bonds. The zero-order chi connectivity index (χ0) is 22.9. The SMILES string of the molecule is CCC(C)(C1NCCN(C(=O)CC(N)Cc2cc(F)c(F)cc2F)C1=O)C(C)(C)C. The molecule has 1 aliphatic heterocycles. The summed E-state index contributed by atoms with van der Waals surface area (Å²) in [5.41, 5.74) is 5.31. The number of amides is 2. The molecule has 5 nitrogen and oxygen atoms in total. The first-order chi connectivity index (χ1) is 13.8. The van der Waals surface area contributed by atoms with Crippen LogP contribution in [0.4, 0.5) is 13.2 Å². The summed E-state index contributed by atoms with van der Waals surface area (Å²) in [5.74, 6) is -4.12. The van der Waals surface area contributed by atoms with Crippen molar-refractivity contribution in [3.05, 3.63) is 35.1 Å². The highest BCUT2D eigenvalue weighted by Gasteiger charge is 2.49. The molecule has 1 aromatic rings. The Hall–Kier alpha value is -1.93. The lowest BCUT2D eigenvalue weighted by atomic mass is 9.61. The number of benzene rings is 1. The van der Waals surface area contributed by atoms with Gasteiger partial charge in [-0.3, -0.25) is 14.5 Å². The molecule has 1 saturated heterocycles. The number of piperazine rings is 1. The Balaban J connectivity index is 2.11. The number of nitrogens with two attached hydrogens (primary N) is 1. The molecule has 1 aromatic carbocycles. The van der Waals surface area contributed by atoms with Gasteiger partial charge in [0.25, 0.3) is 0 Å². The van der Waals surface area contributed by atoms with Crippen molar-refractivity contribution in [2.75, 3.05) is 13.1 Å². The van der Waals surface area contributed by atoms with Gasteiger partial charge < -0.3 is 11.1 Å². The molecule has 0 saturated carbocycles. The fraction of sp³-hybridized carbons (Fsp3) is 0.636. The van der Waals surface area contributed by atoms with Gasteiger partial charge in [-0.15, -0.1) is 0 Å². The number of imide groups is 1. The third-order valence-corrected chi connectivity index (χ3v) is 6.59. The van der Waals surface area contributed by atoms with Crippen LogP contribution in [0.5, 0.6) is 0 Å². The molecule has 3 unspecified atom stereocenters. The lowest BCUT2D eigenvalue weighted by Gasteiger charge is -2.49. The summed E-state index contributed by atoms with van der Waals surface area (Å²) >= 11 is 0. The molecule has 0 bridgehead atoms. The number of carbonyl (C=O) groups excluding carboxylic acids is 2. The van der Waals surface area contributed by atoms with Gasteiger partial charge in [-0.1, -0.05) is 34.6 Å². The van der Waals surface area contributed by atoms with Crippen LogP contribution in [-0.2, 0) is 16.0 Å². The number of hydrogen-bond donors (Lipinski definition) is 2. The number of halogens is 3. The normalized spacial score (nSPS) is 20.8. The number of carbonyl (C=O) groups is 2. The van der Waals surface area contributed by atoms with Crippen LogP contribution >= 0.6 is 0 Å². The minimum absolute atomic E-state index is 0.106. The van der Waals surface area contributed by atoms with E-state index in [9.17, 15) is 22.8 Å². The van der Waals surface area contributed by atoms with Crippen LogP contribution in [0.3, 0.4) is 0 Å². The molecule has 0 aromatic heterocycles. The molecule has 8 heteroatoms. The highest BCUT2D eigenvalue weighted by molar-refractivity contribution is 5.99. The van der Waals surface area contributed by atoms with Crippen LogP contribution in [0.1, 0.15) is 53.0 Å². The zero-order valence-corrected chi connectivity index (χ0v) is 18.3. The van der Waals surface area contributed by atoms with Gasteiger partial charge in [-0.05, 0) is 35.3 Å². The van der Waals surface area contributed by atoms with E-state index in [1.54, 1.807) is 0 Å². The van der Waals surface area contributed by atoms with Crippen molar-refractivity contribution in [1.29, 1.82) is 0 Å². The molecule has 0 radical (unpaired) electrons. The molecule has 3 atom stereocenters. The summed E-state index contributed by atoms with van der Waals surface area (Å²) in [6.45, 7) is 11.0. The van der Waals surface area contributed by atoms with E-state index in [2.05, 4.69) is 26.1 Å². The lowest BCUT2D eigenvalue weighted by Crippen LogP contribution is -2.64. The molecule has 2 rings (SSSR count). The number of rotatable bonds is 6. The predicted molar refractivity (Wildman–Crippen MR) is 109 cm³/mol. The van der Waals surface area contributed by atoms with Crippen LogP contribution in [0.2, 0.25) is 0 Å². The van der Waals surface area contributed by atoms with Crippen molar-refractivity contribution >= 4 is 11.8 Å². The molecule has 3 N–H and O–H groups in total. The van der Waals surface area contributed by atoms with Crippen molar-refractivity contribution in [3.8, 4) is 0 Å². The first-order valence-corrected chi connectivity index (χ1v) is 10.3. The molecule has 1 fully saturated rings. The summed E-state index contributed by atoms with van der Waals surface area (Å²) in [5, 5.41) is 3.26. The van der Waals surface area contributed by atoms with E-state index in [1.807, 2.05) is 13.8 Å². The van der Waals surface area contributed by atoms with Crippen LogP contribution in [0.25, 0.3) is 0 Å². The summed E-state index contributed by atoms with van der Waals surface area (Å²) < 4.78 is 40.3. The minimum Gasteiger partial charge on any atom is -0.327 e. The Morgan fingerprint density at radius 2 is 1.80 bits per heavy atom. The van der Waals surface area contributed by atoms with E-state index in [4.69, 9.17) is 5.73 Å². The van der Waals surface area contributed by atoms with Crippen LogP contribution < -0.4 is 11.1 Å². The fourth-order valence-electron chi connectivity index (χ4n) is 4.00. The standard InChI is InChI=1S/C22H32F3N3O2/c1-6-22(5,21(2,3)4)19-20(30)28(8-7-27-19)18(29)11-14(26)9-13-10-16(24)17(25)12-15(13)23/h10,12,14,19,27H,6-9,11,26H2,1-5H3. The summed E-state index contributed by atoms with van der Waals surface area (Å²) in [6, 6.07) is -0.142. The van der Waals surface area contributed by atoms with E-state index in [1.165, 1.54) is 4.90 Å². The lowest BCUT2D eigenvalue weighted by molar-refractivity contribution is -0.153. The second-order valence-electron chi connectivity index (χ2n) is 9.32. The van der Waals surface area contributed by atoms with Gasteiger partial charge in [-0.2, -0.15) is 0 Å². The smallest absolute Gasteiger partial charge is 0.246 e. The Bertz CT molecular complexity index is 810. The molecule has 1 aliphatic rings. The average Bonchev–Trinajstić information content (AvgIpc) is 2.64. The molecule has 0 spiro atoms. The van der Waals surface area contributed by atoms with Crippen molar-refractivity contribution < 1.29 is 22.8 Å². The van der Waals surface area contributed by atoms with Gasteiger partial charge in [0.05, 0.1) is 6.04 Å². The molecule has 30 heavy (non-hydrogen) atoms. The van der Waals surface area contributed by atoms with Crippen molar-refractivity contribution in [2.45, 2.75) is 66.0 Å². The third-order valence-electron chi connectivity index (χ3n) is 6.59. The average molecular weight is 428 g/mol. The van der Waals surface area contributed by atoms with E-state index >= 15 is 0 Å². The minimum atomic E-state index is -1.28. The molecule has 0 aliphatic carbocycles. The number of hydrogen-bond acceptors (Lipinski definition) is 4. The van der Waals surface area contributed by atoms with Crippen LogP contribution in [0, 0.1) is 28.3 Å². The largest absolute Gasteiger partial charge is 0.327 e. The van der Waals surface area contributed by atoms with Crippen molar-refractivity contribution in [2.24, 2.45) is 16.6 Å². The van der Waals surface area contributed by atoms with Crippen LogP contribution in [-0.4, -0.2) is 41.9 Å². The Labute approximate surface area is 176 Å². The highest BCUT2D eigenvalue weighted by Crippen LogP contribution is 2.45. The fourth-order valence-corrected chi connectivity index (χ4v) is 4.00. The third kappa shape index (κ3) is 4.86. The molecule has 168 valence electrons. The van der Waals surface area contributed by atoms with Crippen LogP contribution in [0.15, 0.2) is 12.1 Å². The first-order valence-electron chi connectivity index (χ1n) is 10.3. The maximum atomic E-state index is 13.9. The Morgan fingerprint density at radius 3 is 2.37 bits per heavy atom.